The quantitative estimate of drug-likeness (QED) is 0.807. The molecule has 0 saturated heterocycles. The molecule has 0 amide bonds. The molecule has 15 heavy (non-hydrogen) atoms. The molecule has 0 unspecified atom stereocenters. The van der Waals surface area contributed by atoms with E-state index in [0.717, 1.165) is 14.3 Å². The summed E-state index contributed by atoms with van der Waals surface area (Å²) in [5.74, 6) is -0.952. The first kappa shape index (κ1) is 10.7. The first-order chi connectivity index (χ1) is 7.09. The molecule has 0 aliphatic rings. The van der Waals surface area contributed by atoms with E-state index in [1.165, 1.54) is 6.07 Å². The van der Waals surface area contributed by atoms with Gasteiger partial charge in [-0.15, -0.1) is 0 Å². The number of fused-ring (bicyclic) bond motifs is 1. The highest BCUT2D eigenvalue weighted by molar-refractivity contribution is 14.1. The van der Waals surface area contributed by atoms with Gasteiger partial charge in [-0.3, -0.25) is 0 Å². The number of halogens is 2. The minimum atomic E-state index is -0.952. The summed E-state index contributed by atoms with van der Waals surface area (Å²) in [6.45, 7) is 0. The van der Waals surface area contributed by atoms with Crippen LogP contribution in [-0.2, 0) is 0 Å². The third-order valence-electron chi connectivity index (χ3n) is 2.12. The molecule has 1 N–H and O–H groups in total. The van der Waals surface area contributed by atoms with E-state index in [1.807, 2.05) is 18.2 Å². The second kappa shape index (κ2) is 3.98. The number of carbonyl (C=O) groups is 1. The Kier molecular flexibility index (Phi) is 2.84. The van der Waals surface area contributed by atoms with Crippen molar-refractivity contribution in [2.45, 2.75) is 0 Å². The predicted octanol–water partition coefficient (Wildman–Crippen LogP) is 3.80. The van der Waals surface area contributed by atoms with Crippen LogP contribution in [-0.4, -0.2) is 11.1 Å². The van der Waals surface area contributed by atoms with Crippen molar-refractivity contribution in [1.82, 2.24) is 0 Å². The molecule has 0 spiro atoms. The van der Waals surface area contributed by atoms with Crippen LogP contribution < -0.4 is 0 Å². The van der Waals surface area contributed by atoms with Crippen molar-refractivity contribution in [3.63, 3.8) is 0 Å². The summed E-state index contributed by atoms with van der Waals surface area (Å²) < 4.78 is 0.916. The maximum absolute atomic E-state index is 11.1. The molecule has 2 nitrogen and oxygen atoms in total. The maximum Gasteiger partial charge on any atom is 0.336 e. The van der Waals surface area contributed by atoms with Gasteiger partial charge >= 0.3 is 5.97 Å². The third kappa shape index (κ3) is 1.94. The molecule has 0 heterocycles. The lowest BCUT2D eigenvalue weighted by Gasteiger charge is -2.05. The predicted molar refractivity (Wildman–Crippen MR) is 68.6 cm³/mol. The van der Waals surface area contributed by atoms with Gasteiger partial charge in [-0.2, -0.15) is 0 Å². The fraction of sp³-hybridized carbons (Fsp3) is 0. The molecular formula is C11H6ClIO2. The lowest BCUT2D eigenvalue weighted by atomic mass is 10.0. The van der Waals surface area contributed by atoms with Gasteiger partial charge in [0.15, 0.2) is 0 Å². The highest BCUT2D eigenvalue weighted by atomic mass is 127. The van der Waals surface area contributed by atoms with Crippen LogP contribution in [0.5, 0.6) is 0 Å². The topological polar surface area (TPSA) is 37.3 Å². The van der Waals surface area contributed by atoms with E-state index in [0.29, 0.717) is 5.02 Å². The van der Waals surface area contributed by atoms with Gasteiger partial charge in [-0.25, -0.2) is 4.79 Å². The molecule has 76 valence electrons. The van der Waals surface area contributed by atoms with Crippen LogP contribution in [0.15, 0.2) is 30.3 Å². The average Bonchev–Trinajstić information content (AvgIpc) is 2.16. The summed E-state index contributed by atoms with van der Waals surface area (Å²) >= 11 is 7.98. The first-order valence-corrected chi connectivity index (χ1v) is 5.66. The number of aromatic carboxylic acids is 1. The Morgan fingerprint density at radius 1 is 1.33 bits per heavy atom. The zero-order valence-electron chi connectivity index (χ0n) is 7.50. The van der Waals surface area contributed by atoms with Crippen molar-refractivity contribution >= 4 is 50.9 Å². The van der Waals surface area contributed by atoms with E-state index in [1.54, 1.807) is 6.07 Å². The lowest BCUT2D eigenvalue weighted by molar-refractivity contribution is 0.0699. The van der Waals surface area contributed by atoms with Crippen LogP contribution in [0.3, 0.4) is 0 Å². The highest BCUT2D eigenvalue weighted by Crippen LogP contribution is 2.28. The van der Waals surface area contributed by atoms with Crippen molar-refractivity contribution in [1.29, 1.82) is 0 Å². The minimum absolute atomic E-state index is 0.252. The van der Waals surface area contributed by atoms with E-state index in [9.17, 15) is 4.79 Å². The molecule has 0 fully saturated rings. The van der Waals surface area contributed by atoms with Crippen LogP contribution in [0.1, 0.15) is 10.4 Å². The molecule has 0 bridgehead atoms. The monoisotopic (exact) mass is 332 g/mol. The van der Waals surface area contributed by atoms with Crippen LogP contribution in [0, 0.1) is 3.57 Å². The van der Waals surface area contributed by atoms with E-state index in [-0.39, 0.29) is 5.56 Å². The summed E-state index contributed by atoms with van der Waals surface area (Å²) in [4.78, 5) is 11.1. The first-order valence-electron chi connectivity index (χ1n) is 4.20. The van der Waals surface area contributed by atoms with Gasteiger partial charge in [-0.1, -0.05) is 23.7 Å². The van der Waals surface area contributed by atoms with Gasteiger partial charge in [0.1, 0.15) is 0 Å². The van der Waals surface area contributed by atoms with Gasteiger partial charge in [0.2, 0.25) is 0 Å². The SMILES string of the molecule is O=C(O)c1cc(Cl)cc2cccc(I)c12. The van der Waals surface area contributed by atoms with Gasteiger partial charge in [0.25, 0.3) is 0 Å². The van der Waals surface area contributed by atoms with Crippen molar-refractivity contribution in [3.8, 4) is 0 Å². The number of hydrogen-bond donors (Lipinski definition) is 1. The van der Waals surface area contributed by atoms with Gasteiger partial charge in [0.05, 0.1) is 5.56 Å². The van der Waals surface area contributed by atoms with Gasteiger partial charge < -0.3 is 5.11 Å². The summed E-state index contributed by atoms with van der Waals surface area (Å²) in [7, 11) is 0. The fourth-order valence-corrected chi connectivity index (χ4v) is 2.55. The summed E-state index contributed by atoms with van der Waals surface area (Å²) in [5, 5.41) is 11.1. The van der Waals surface area contributed by atoms with Crippen molar-refractivity contribution in [2.75, 3.05) is 0 Å². The van der Waals surface area contributed by atoms with Crippen molar-refractivity contribution < 1.29 is 9.90 Å². The summed E-state index contributed by atoms with van der Waals surface area (Å²) in [6.07, 6.45) is 0. The maximum atomic E-state index is 11.1. The van der Waals surface area contributed by atoms with Crippen LogP contribution in [0.4, 0.5) is 0 Å². The Morgan fingerprint density at radius 2 is 2.07 bits per heavy atom. The zero-order valence-corrected chi connectivity index (χ0v) is 10.4. The zero-order chi connectivity index (χ0) is 11.0. The van der Waals surface area contributed by atoms with E-state index in [4.69, 9.17) is 16.7 Å². The van der Waals surface area contributed by atoms with E-state index < -0.39 is 5.97 Å². The van der Waals surface area contributed by atoms with Gasteiger partial charge in [-0.05, 0) is 46.2 Å². The molecule has 0 aliphatic carbocycles. The van der Waals surface area contributed by atoms with Crippen LogP contribution in [0.25, 0.3) is 10.8 Å². The fourth-order valence-electron chi connectivity index (χ4n) is 1.51. The Morgan fingerprint density at radius 3 is 2.73 bits per heavy atom. The molecule has 2 aromatic carbocycles. The molecule has 0 aromatic heterocycles. The molecule has 4 heteroatoms. The normalized spacial score (nSPS) is 10.5. The van der Waals surface area contributed by atoms with Crippen LogP contribution >= 0.6 is 34.2 Å². The Hall–Kier alpha value is -0.810. The molecule has 0 aliphatic heterocycles. The molecule has 2 rings (SSSR count). The molecule has 0 saturated carbocycles. The Bertz CT molecular complexity index is 552. The number of carboxylic acid groups (broad SMARTS) is 1. The molecule has 2 aromatic rings. The van der Waals surface area contributed by atoms with Gasteiger partial charge in [0, 0.05) is 14.0 Å². The van der Waals surface area contributed by atoms with Crippen molar-refractivity contribution in [3.05, 3.63) is 44.5 Å². The summed E-state index contributed by atoms with van der Waals surface area (Å²) in [6, 6.07) is 8.87. The second-order valence-corrected chi connectivity index (χ2v) is 4.70. The highest BCUT2D eigenvalue weighted by Gasteiger charge is 2.11. The Labute approximate surface area is 105 Å². The number of benzene rings is 2. The number of rotatable bonds is 1. The Balaban J connectivity index is 2.94. The molecule has 0 radical (unpaired) electrons. The van der Waals surface area contributed by atoms with E-state index in [2.05, 4.69) is 22.6 Å². The second-order valence-electron chi connectivity index (χ2n) is 3.10. The summed E-state index contributed by atoms with van der Waals surface area (Å²) in [5.41, 5.74) is 0.252. The van der Waals surface area contributed by atoms with Crippen LogP contribution in [0.2, 0.25) is 5.02 Å². The average molecular weight is 333 g/mol. The number of hydrogen-bond acceptors (Lipinski definition) is 1. The number of carboxylic acids is 1. The lowest BCUT2D eigenvalue weighted by Crippen LogP contribution is -1.98. The van der Waals surface area contributed by atoms with Crippen molar-refractivity contribution in [2.24, 2.45) is 0 Å². The minimum Gasteiger partial charge on any atom is -0.478 e. The largest absolute Gasteiger partial charge is 0.478 e. The molecular weight excluding hydrogens is 326 g/mol. The third-order valence-corrected chi connectivity index (χ3v) is 3.24. The van der Waals surface area contributed by atoms with E-state index >= 15 is 0 Å². The standard InChI is InChI=1S/C11H6ClIO2/c12-7-4-6-2-1-3-9(13)10(6)8(5-7)11(14)15/h1-5H,(H,14,15). The smallest absolute Gasteiger partial charge is 0.336 e. The molecule has 0 atom stereocenters.